The zero-order chi connectivity index (χ0) is 10.9. The number of rotatable bonds is 4. The summed E-state index contributed by atoms with van der Waals surface area (Å²) in [7, 11) is 0. The number of hydrogen-bond donors (Lipinski definition) is 2. The topological polar surface area (TPSA) is 74.6 Å². The Kier molecular flexibility index (Phi) is 2.95. The van der Waals surface area contributed by atoms with Gasteiger partial charge in [-0.2, -0.15) is 0 Å². The first-order valence-electron chi connectivity index (χ1n) is 4.75. The molecule has 0 heterocycles. The quantitative estimate of drug-likeness (QED) is 0.700. The van der Waals surface area contributed by atoms with E-state index in [9.17, 15) is 9.59 Å². The predicted octanol–water partition coefficient (Wildman–Crippen LogP) is 0.685. The Balaban J connectivity index is 2.58. The smallest absolute Gasteiger partial charge is 0.303 e. The van der Waals surface area contributed by atoms with Crippen molar-refractivity contribution in [3.63, 3.8) is 0 Å². The average molecular weight is 200 g/mol. The maximum absolute atomic E-state index is 11.2. The molecule has 1 aliphatic carbocycles. The second-order valence-corrected chi connectivity index (χ2v) is 4.53. The summed E-state index contributed by atoms with van der Waals surface area (Å²) in [5, 5.41) is 17.3. The fraction of sp³-hybridized carbons (Fsp3) is 0.800. The summed E-state index contributed by atoms with van der Waals surface area (Å²) in [5.41, 5.74) is -0.280. The molecule has 80 valence electrons. The largest absolute Gasteiger partial charge is 0.481 e. The normalized spacial score (nSPS) is 29.4. The van der Waals surface area contributed by atoms with Gasteiger partial charge in [0.1, 0.15) is 6.61 Å². The maximum Gasteiger partial charge on any atom is 0.303 e. The third-order valence-corrected chi connectivity index (χ3v) is 3.44. The van der Waals surface area contributed by atoms with Crippen LogP contribution < -0.4 is 0 Å². The summed E-state index contributed by atoms with van der Waals surface area (Å²) < 4.78 is 0. The van der Waals surface area contributed by atoms with Crippen molar-refractivity contribution in [1.29, 1.82) is 0 Å². The monoisotopic (exact) mass is 200 g/mol. The Labute approximate surface area is 82.9 Å². The molecule has 1 fully saturated rings. The van der Waals surface area contributed by atoms with Crippen LogP contribution in [0.4, 0.5) is 0 Å². The van der Waals surface area contributed by atoms with Gasteiger partial charge in [-0.25, -0.2) is 0 Å². The van der Waals surface area contributed by atoms with E-state index in [-0.39, 0.29) is 29.5 Å². The van der Waals surface area contributed by atoms with Crippen LogP contribution in [-0.4, -0.2) is 28.6 Å². The molecule has 0 aromatic rings. The molecule has 0 aromatic carbocycles. The van der Waals surface area contributed by atoms with Crippen molar-refractivity contribution in [3.05, 3.63) is 0 Å². The van der Waals surface area contributed by atoms with E-state index in [0.29, 0.717) is 6.42 Å². The first-order chi connectivity index (χ1) is 6.39. The van der Waals surface area contributed by atoms with Crippen molar-refractivity contribution in [2.45, 2.75) is 26.7 Å². The molecule has 4 nitrogen and oxygen atoms in total. The van der Waals surface area contributed by atoms with Crippen LogP contribution in [0.2, 0.25) is 0 Å². The van der Waals surface area contributed by atoms with Crippen LogP contribution in [0.15, 0.2) is 0 Å². The minimum absolute atomic E-state index is 0.0560. The molecule has 1 rings (SSSR count). The van der Waals surface area contributed by atoms with Gasteiger partial charge < -0.3 is 10.2 Å². The minimum Gasteiger partial charge on any atom is -0.481 e. The van der Waals surface area contributed by atoms with Crippen molar-refractivity contribution in [2.24, 2.45) is 17.3 Å². The molecule has 0 aromatic heterocycles. The Morgan fingerprint density at radius 3 is 2.36 bits per heavy atom. The third kappa shape index (κ3) is 1.80. The molecule has 14 heavy (non-hydrogen) atoms. The van der Waals surface area contributed by atoms with E-state index in [1.807, 2.05) is 13.8 Å². The number of hydrogen-bond acceptors (Lipinski definition) is 3. The lowest BCUT2D eigenvalue weighted by Gasteiger charge is -2.50. The maximum atomic E-state index is 11.2. The number of Topliss-reactive ketones (excluding diaryl/α,β-unsaturated/α-hetero) is 1. The molecule has 0 spiro atoms. The van der Waals surface area contributed by atoms with Crippen LogP contribution in [0.1, 0.15) is 26.7 Å². The lowest BCUT2D eigenvalue weighted by atomic mass is 9.52. The first-order valence-corrected chi connectivity index (χ1v) is 4.75. The fourth-order valence-electron chi connectivity index (χ4n) is 2.23. The van der Waals surface area contributed by atoms with Gasteiger partial charge >= 0.3 is 5.97 Å². The molecule has 4 heteroatoms. The zero-order valence-electron chi connectivity index (χ0n) is 8.49. The second kappa shape index (κ2) is 3.69. The number of aliphatic hydroxyl groups excluding tert-OH is 1. The van der Waals surface area contributed by atoms with Crippen LogP contribution >= 0.6 is 0 Å². The second-order valence-electron chi connectivity index (χ2n) is 4.53. The number of carboxylic acids is 1. The van der Waals surface area contributed by atoms with Gasteiger partial charge in [0.15, 0.2) is 5.78 Å². The Bertz CT molecular complexity index is 257. The number of carbonyl (C=O) groups is 2. The van der Waals surface area contributed by atoms with Gasteiger partial charge in [-0.15, -0.1) is 0 Å². The van der Waals surface area contributed by atoms with Gasteiger partial charge in [0.25, 0.3) is 0 Å². The summed E-state index contributed by atoms with van der Waals surface area (Å²) in [5.74, 6) is -1.10. The van der Waals surface area contributed by atoms with Gasteiger partial charge in [-0.05, 0) is 17.8 Å². The molecule has 0 radical (unpaired) electrons. The Morgan fingerprint density at radius 1 is 1.43 bits per heavy atom. The average Bonchev–Trinajstić information content (AvgIpc) is 2.10. The zero-order valence-corrected chi connectivity index (χ0v) is 8.49. The summed E-state index contributed by atoms with van der Waals surface area (Å²) in [6.45, 7) is 3.35. The lowest BCUT2D eigenvalue weighted by molar-refractivity contribution is -0.151. The number of carbonyl (C=O) groups excluding carboxylic acids is 1. The highest BCUT2D eigenvalue weighted by atomic mass is 16.4. The summed E-state index contributed by atoms with van der Waals surface area (Å²) >= 11 is 0. The molecule has 2 N–H and O–H groups in total. The Hall–Kier alpha value is -0.900. The molecule has 2 atom stereocenters. The van der Waals surface area contributed by atoms with Gasteiger partial charge in [0.05, 0.1) is 0 Å². The van der Waals surface area contributed by atoms with Crippen molar-refractivity contribution in [3.8, 4) is 0 Å². The molecule has 1 aliphatic rings. The summed E-state index contributed by atoms with van der Waals surface area (Å²) in [4.78, 5) is 21.7. The van der Waals surface area contributed by atoms with Crippen LogP contribution in [-0.2, 0) is 9.59 Å². The molecule has 1 saturated carbocycles. The highest BCUT2D eigenvalue weighted by Gasteiger charge is 2.51. The van der Waals surface area contributed by atoms with Gasteiger partial charge in [0.2, 0.25) is 0 Å². The van der Waals surface area contributed by atoms with E-state index in [2.05, 4.69) is 0 Å². The standard InChI is InChI=1S/C10H16O4/c1-10(2)6(4-9(13)14)3-7(10)8(12)5-11/h6-7,11H,3-5H2,1-2H3,(H,13,14)/t6-,7+/m1/s1. The molecule has 0 amide bonds. The number of carboxylic acid groups (broad SMARTS) is 1. The van der Waals surface area contributed by atoms with E-state index >= 15 is 0 Å². The van der Waals surface area contributed by atoms with Crippen molar-refractivity contribution in [2.75, 3.05) is 6.61 Å². The van der Waals surface area contributed by atoms with E-state index in [4.69, 9.17) is 10.2 Å². The van der Waals surface area contributed by atoms with E-state index in [1.165, 1.54) is 0 Å². The van der Waals surface area contributed by atoms with Crippen LogP contribution in [0.5, 0.6) is 0 Å². The number of aliphatic carboxylic acids is 1. The van der Waals surface area contributed by atoms with E-state index in [1.54, 1.807) is 0 Å². The van der Waals surface area contributed by atoms with Crippen LogP contribution in [0.3, 0.4) is 0 Å². The van der Waals surface area contributed by atoms with Crippen molar-refractivity contribution < 1.29 is 19.8 Å². The predicted molar refractivity (Wildman–Crippen MR) is 49.7 cm³/mol. The van der Waals surface area contributed by atoms with Crippen LogP contribution in [0.25, 0.3) is 0 Å². The van der Waals surface area contributed by atoms with Gasteiger partial charge in [0, 0.05) is 12.3 Å². The van der Waals surface area contributed by atoms with Crippen molar-refractivity contribution >= 4 is 11.8 Å². The lowest BCUT2D eigenvalue weighted by Crippen LogP contribution is -2.50. The van der Waals surface area contributed by atoms with Gasteiger partial charge in [-0.1, -0.05) is 13.8 Å². The third-order valence-electron chi connectivity index (χ3n) is 3.44. The molecular weight excluding hydrogens is 184 g/mol. The number of aliphatic hydroxyl groups is 1. The van der Waals surface area contributed by atoms with E-state index in [0.717, 1.165) is 0 Å². The molecule has 0 bridgehead atoms. The molecule has 0 aliphatic heterocycles. The fourth-order valence-corrected chi connectivity index (χ4v) is 2.23. The Morgan fingerprint density at radius 2 is 2.00 bits per heavy atom. The minimum atomic E-state index is -0.821. The van der Waals surface area contributed by atoms with E-state index < -0.39 is 12.6 Å². The molecular formula is C10H16O4. The number of ketones is 1. The summed E-state index contributed by atoms with van der Waals surface area (Å²) in [6.07, 6.45) is 0.709. The molecule has 0 unspecified atom stereocenters. The summed E-state index contributed by atoms with van der Waals surface area (Å²) in [6, 6.07) is 0. The SMILES string of the molecule is CC1(C)[C@@H](CC(=O)O)C[C@H]1C(=O)CO. The first kappa shape index (κ1) is 11.2. The highest BCUT2D eigenvalue weighted by Crippen LogP contribution is 2.53. The van der Waals surface area contributed by atoms with Crippen molar-refractivity contribution in [1.82, 2.24) is 0 Å². The highest BCUT2D eigenvalue weighted by molar-refractivity contribution is 5.84. The molecule has 0 saturated heterocycles. The van der Waals surface area contributed by atoms with Gasteiger partial charge in [-0.3, -0.25) is 9.59 Å². The van der Waals surface area contributed by atoms with Crippen LogP contribution in [0, 0.1) is 17.3 Å².